The minimum absolute atomic E-state index is 0.00550. The number of piperidine rings is 1. The first kappa shape index (κ1) is 33.9. The van der Waals surface area contributed by atoms with E-state index in [9.17, 15) is 14.3 Å². The van der Waals surface area contributed by atoms with Gasteiger partial charge in [-0.3, -0.25) is 14.4 Å². The number of hydrogen-bond acceptors (Lipinski definition) is 5. The molecule has 1 aliphatic carbocycles. The Kier molecular flexibility index (Phi) is 11.3. The number of rotatable bonds is 13. The third-order valence-corrected chi connectivity index (χ3v) is 10.2. The highest BCUT2D eigenvalue weighted by Gasteiger charge is 2.42. The van der Waals surface area contributed by atoms with E-state index in [2.05, 4.69) is 46.2 Å². The van der Waals surface area contributed by atoms with E-state index in [1.807, 2.05) is 39.1 Å². The maximum Gasteiger partial charge on any atom is 0.321 e. The highest BCUT2D eigenvalue weighted by Crippen LogP contribution is 2.43. The van der Waals surface area contributed by atoms with Gasteiger partial charge in [0.05, 0.1) is 12.0 Å². The molecule has 7 nitrogen and oxygen atoms in total. The van der Waals surface area contributed by atoms with Crippen LogP contribution in [-0.2, 0) is 22.5 Å². The van der Waals surface area contributed by atoms with Crippen molar-refractivity contribution < 1.29 is 19.0 Å². The van der Waals surface area contributed by atoms with Crippen LogP contribution < -0.4 is 0 Å². The van der Waals surface area contributed by atoms with Gasteiger partial charge < -0.3 is 14.7 Å². The number of aliphatic carboxylic acids is 1. The zero-order valence-electron chi connectivity index (χ0n) is 27.9. The van der Waals surface area contributed by atoms with Gasteiger partial charge in [0.15, 0.2) is 0 Å². The number of benzene rings is 1. The maximum atomic E-state index is 14.3. The summed E-state index contributed by atoms with van der Waals surface area (Å²) in [6.07, 6.45) is 14.4. The lowest BCUT2D eigenvalue weighted by molar-refractivity contribution is -0.145. The Morgan fingerprint density at radius 3 is 2.65 bits per heavy atom. The molecule has 1 saturated carbocycles. The highest BCUT2D eigenvalue weighted by molar-refractivity contribution is 5.73. The van der Waals surface area contributed by atoms with Crippen molar-refractivity contribution in [2.45, 2.75) is 83.3 Å². The van der Waals surface area contributed by atoms with E-state index in [-0.39, 0.29) is 23.7 Å². The van der Waals surface area contributed by atoms with E-state index in [0.717, 1.165) is 75.1 Å². The fraction of sp³-hybridized carbons (Fsp3) is 0.526. The number of carboxylic acid groups (broad SMARTS) is 1. The number of aryl methyl sites for hydroxylation is 1. The van der Waals surface area contributed by atoms with Crippen LogP contribution in [0.25, 0.3) is 0 Å². The molecule has 0 spiro atoms. The van der Waals surface area contributed by atoms with E-state index >= 15 is 0 Å². The summed E-state index contributed by atoms with van der Waals surface area (Å²) in [6, 6.07) is 8.93. The van der Waals surface area contributed by atoms with Crippen LogP contribution in [0.15, 0.2) is 78.6 Å². The smallest absolute Gasteiger partial charge is 0.321 e. The second kappa shape index (κ2) is 15.4. The van der Waals surface area contributed by atoms with Crippen molar-refractivity contribution in [2.24, 2.45) is 11.8 Å². The molecule has 3 aliphatic rings. The summed E-state index contributed by atoms with van der Waals surface area (Å²) < 4.78 is 21.9. The van der Waals surface area contributed by atoms with Gasteiger partial charge in [0.25, 0.3) is 0 Å². The summed E-state index contributed by atoms with van der Waals surface area (Å²) in [4.78, 5) is 16.8. The summed E-state index contributed by atoms with van der Waals surface area (Å²) in [7, 11) is 1.96. The molecule has 0 amide bonds. The van der Waals surface area contributed by atoms with Crippen LogP contribution in [0.3, 0.4) is 0 Å². The van der Waals surface area contributed by atoms with E-state index in [0.29, 0.717) is 18.4 Å². The van der Waals surface area contributed by atoms with Crippen LogP contribution in [-0.4, -0.2) is 76.0 Å². The van der Waals surface area contributed by atoms with Gasteiger partial charge in [-0.1, -0.05) is 50.8 Å². The van der Waals surface area contributed by atoms with Gasteiger partial charge in [0, 0.05) is 37.2 Å². The minimum Gasteiger partial charge on any atom is -0.497 e. The summed E-state index contributed by atoms with van der Waals surface area (Å²) >= 11 is 0. The first-order valence-electron chi connectivity index (χ1n) is 17.0. The second-order valence-corrected chi connectivity index (χ2v) is 13.7. The lowest BCUT2D eigenvalue weighted by Gasteiger charge is -2.35. The molecule has 0 unspecified atom stereocenters. The molecule has 1 N–H and O–H groups in total. The Bertz CT molecular complexity index is 1450. The number of likely N-dealkylation sites (tertiary alicyclic amines) is 1. The Labute approximate surface area is 274 Å². The third kappa shape index (κ3) is 8.07. The predicted octanol–water partition coefficient (Wildman–Crippen LogP) is 6.95. The van der Waals surface area contributed by atoms with Gasteiger partial charge in [-0.05, 0) is 111 Å². The van der Waals surface area contributed by atoms with Gasteiger partial charge in [-0.15, -0.1) is 0 Å². The Morgan fingerprint density at radius 2 is 2.02 bits per heavy atom. The summed E-state index contributed by atoms with van der Waals surface area (Å²) in [5.74, 6) is 0.0172. The minimum atomic E-state index is -0.773. The number of allylic oxidation sites excluding steroid dienone is 4. The first-order valence-corrected chi connectivity index (χ1v) is 17.0. The van der Waals surface area contributed by atoms with Crippen molar-refractivity contribution in [3.05, 3.63) is 101 Å². The normalized spacial score (nSPS) is 24.3. The molecule has 1 aromatic carbocycles. The van der Waals surface area contributed by atoms with Crippen LogP contribution in [0.1, 0.15) is 75.2 Å². The van der Waals surface area contributed by atoms with Crippen LogP contribution in [0.5, 0.6) is 0 Å². The molecule has 2 aromatic rings. The van der Waals surface area contributed by atoms with Gasteiger partial charge in [-0.25, -0.2) is 4.39 Å². The first-order chi connectivity index (χ1) is 22.2. The Hall–Kier alpha value is -3.49. The lowest BCUT2D eigenvalue weighted by Crippen LogP contribution is -2.47. The van der Waals surface area contributed by atoms with E-state index in [1.165, 1.54) is 17.3 Å². The molecule has 0 bridgehead atoms. The second-order valence-electron chi connectivity index (χ2n) is 13.7. The van der Waals surface area contributed by atoms with Gasteiger partial charge in [-0.2, -0.15) is 5.10 Å². The number of halogens is 1. The van der Waals surface area contributed by atoms with E-state index < -0.39 is 12.0 Å². The van der Waals surface area contributed by atoms with Crippen molar-refractivity contribution in [1.29, 1.82) is 0 Å². The molecule has 3 heterocycles. The zero-order valence-corrected chi connectivity index (χ0v) is 27.9. The molecule has 4 atom stereocenters. The van der Waals surface area contributed by atoms with E-state index in [1.54, 1.807) is 18.4 Å². The van der Waals surface area contributed by atoms with Crippen LogP contribution in [0.4, 0.5) is 4.39 Å². The molecular formula is C38H51FN4O3. The number of carbonyl (C=O) groups is 1. The fourth-order valence-corrected chi connectivity index (χ4v) is 8.00. The molecule has 5 rings (SSSR count). The summed E-state index contributed by atoms with van der Waals surface area (Å²) in [6.45, 7) is 14.4. The summed E-state index contributed by atoms with van der Waals surface area (Å²) in [5.41, 5.74) is 5.74. The molecule has 0 radical (unpaired) electrons. The molecule has 2 fully saturated rings. The topological polar surface area (TPSA) is 70.8 Å². The van der Waals surface area contributed by atoms with Gasteiger partial charge in [0.1, 0.15) is 18.5 Å². The number of nitrogens with zero attached hydrogens (tertiary/aromatic N) is 4. The number of hydrogen-bond donors (Lipinski definition) is 1. The third-order valence-electron chi connectivity index (χ3n) is 10.2. The molecule has 2 aliphatic heterocycles. The van der Waals surface area contributed by atoms with Crippen LogP contribution in [0.2, 0.25) is 0 Å². The number of carboxylic acids is 1. The van der Waals surface area contributed by atoms with Crippen molar-refractivity contribution in [1.82, 2.24) is 19.6 Å². The highest BCUT2D eigenvalue weighted by atomic mass is 19.1. The van der Waals surface area contributed by atoms with Crippen molar-refractivity contribution in [2.75, 3.05) is 33.3 Å². The predicted molar refractivity (Wildman–Crippen MR) is 181 cm³/mol. The maximum absolute atomic E-state index is 14.3. The van der Waals surface area contributed by atoms with Crippen molar-refractivity contribution in [3.63, 3.8) is 0 Å². The average molecular weight is 631 g/mol. The van der Waals surface area contributed by atoms with Gasteiger partial charge >= 0.3 is 5.97 Å². The zero-order chi connectivity index (χ0) is 32.8. The number of ether oxygens (including phenoxy) is 1. The summed E-state index contributed by atoms with van der Waals surface area (Å²) in [5, 5.41) is 15.0. The lowest BCUT2D eigenvalue weighted by atomic mass is 9.87. The van der Waals surface area contributed by atoms with Crippen LogP contribution in [0, 0.1) is 17.7 Å². The molecule has 1 aromatic heterocycles. The largest absolute Gasteiger partial charge is 0.497 e. The number of likely N-dealkylation sites (N-methyl/N-ethyl adjacent to an activating group) is 1. The Balaban J connectivity index is 1.25. The SMILES string of the molecule is C=C/C=C(\C=C1\C=COC1)Cc1cc(C2CCN(C[C@H]3C[C@H](N(C)[C@@H](C(=O)O)C(C)C)C[C@@H]3c3cccc(F)c3)CC2)n(CC)n1. The van der Waals surface area contributed by atoms with Crippen molar-refractivity contribution in [3.8, 4) is 0 Å². The quantitative estimate of drug-likeness (QED) is 0.242. The Morgan fingerprint density at radius 1 is 1.24 bits per heavy atom. The standard InChI is InChI=1S/C38H51FN4O3/c1-6-9-27(18-28-14-17-46-25-28)19-33-22-36(43(7-2)40-33)29-12-15-42(16-13-29)24-31-21-34(41(5)37(26(3)4)38(44)45)23-35(31)30-10-8-11-32(39)20-30/h6,8-11,14,17-18,20,22,26,29,31,34-35,37H,1,7,12-13,15-16,19,21,23-25H2,2-5H3,(H,44,45)/b27-9+,28-18-/t31-,34+,35-,37-/m1/s1. The van der Waals surface area contributed by atoms with E-state index in [4.69, 9.17) is 9.84 Å². The van der Waals surface area contributed by atoms with Gasteiger partial charge in [0.2, 0.25) is 0 Å². The average Bonchev–Trinajstić information content (AvgIpc) is 3.78. The molecule has 8 heteroatoms. The molecular weight excluding hydrogens is 579 g/mol. The molecule has 1 saturated heterocycles. The monoisotopic (exact) mass is 630 g/mol. The number of aromatic nitrogens is 2. The fourth-order valence-electron chi connectivity index (χ4n) is 8.00. The molecule has 248 valence electrons. The van der Waals surface area contributed by atoms with Crippen molar-refractivity contribution >= 4 is 5.97 Å². The molecule has 46 heavy (non-hydrogen) atoms. The van der Waals surface area contributed by atoms with Crippen LogP contribution >= 0.6 is 0 Å².